The first-order valence-corrected chi connectivity index (χ1v) is 7.10. The Labute approximate surface area is 126 Å². The molecule has 0 saturated carbocycles. The van der Waals surface area contributed by atoms with Gasteiger partial charge in [0, 0.05) is 17.5 Å². The van der Waals surface area contributed by atoms with Gasteiger partial charge in [-0.15, -0.1) is 4.73 Å². The second-order valence-corrected chi connectivity index (χ2v) is 5.21. The molecule has 0 saturated heterocycles. The van der Waals surface area contributed by atoms with E-state index in [1.165, 1.54) is 4.73 Å². The van der Waals surface area contributed by atoms with E-state index in [1.54, 1.807) is 12.1 Å². The Kier molecular flexibility index (Phi) is 2.73. The highest BCUT2D eigenvalue weighted by Crippen LogP contribution is 2.33. The predicted molar refractivity (Wildman–Crippen MR) is 83.5 cm³/mol. The van der Waals surface area contributed by atoms with Crippen LogP contribution in [0.1, 0.15) is 11.3 Å². The highest BCUT2D eigenvalue weighted by Gasteiger charge is 2.23. The van der Waals surface area contributed by atoms with Gasteiger partial charge < -0.3 is 4.84 Å². The van der Waals surface area contributed by atoms with Crippen molar-refractivity contribution < 1.29 is 4.84 Å². The van der Waals surface area contributed by atoms with Crippen LogP contribution in [0.25, 0.3) is 21.9 Å². The van der Waals surface area contributed by atoms with E-state index in [1.807, 2.05) is 36.4 Å². The van der Waals surface area contributed by atoms with Crippen molar-refractivity contribution in [1.29, 1.82) is 5.26 Å². The molecule has 0 fully saturated rings. The number of nitrogens with zero attached hydrogens (tertiary/aromatic N) is 2. The Morgan fingerprint density at radius 1 is 1.05 bits per heavy atom. The van der Waals surface area contributed by atoms with Crippen LogP contribution in [0.2, 0.25) is 0 Å². The van der Waals surface area contributed by atoms with Crippen LogP contribution in [0.3, 0.4) is 0 Å². The minimum absolute atomic E-state index is 0.138. The number of hydrogen-bond donors (Lipinski definition) is 0. The Hall–Kier alpha value is -3.06. The normalized spacial score (nSPS) is 12.7. The molecule has 2 heterocycles. The van der Waals surface area contributed by atoms with Gasteiger partial charge in [-0.1, -0.05) is 36.4 Å². The molecule has 0 atom stereocenters. The van der Waals surface area contributed by atoms with Crippen LogP contribution in [-0.2, 0) is 6.42 Å². The summed E-state index contributed by atoms with van der Waals surface area (Å²) in [6.07, 6.45) is 0.662. The number of fused-ring (bicyclic) bond motifs is 2. The summed E-state index contributed by atoms with van der Waals surface area (Å²) in [6, 6.07) is 17.2. The van der Waals surface area contributed by atoms with Gasteiger partial charge in [-0.3, -0.25) is 4.79 Å². The maximum Gasteiger partial charge on any atom is 0.291 e. The second kappa shape index (κ2) is 4.74. The van der Waals surface area contributed by atoms with Crippen molar-refractivity contribution in [3.8, 4) is 17.2 Å². The quantitative estimate of drug-likeness (QED) is 0.691. The third-order valence-electron chi connectivity index (χ3n) is 4.02. The minimum atomic E-state index is -0.138. The molecule has 0 amide bonds. The molecule has 1 aliphatic heterocycles. The third kappa shape index (κ3) is 1.66. The predicted octanol–water partition coefficient (Wildman–Crippen LogP) is 2.52. The lowest BCUT2D eigenvalue weighted by atomic mass is 9.93. The van der Waals surface area contributed by atoms with E-state index >= 15 is 0 Å². The van der Waals surface area contributed by atoms with Crippen LogP contribution in [-0.4, -0.2) is 11.3 Å². The molecule has 0 radical (unpaired) electrons. The van der Waals surface area contributed by atoms with Crippen molar-refractivity contribution in [2.45, 2.75) is 6.42 Å². The average molecular weight is 288 g/mol. The van der Waals surface area contributed by atoms with E-state index in [4.69, 9.17) is 4.84 Å². The first-order valence-electron chi connectivity index (χ1n) is 7.10. The number of pyridine rings is 1. The van der Waals surface area contributed by atoms with Crippen LogP contribution in [0.15, 0.2) is 53.3 Å². The maximum absolute atomic E-state index is 12.5. The summed E-state index contributed by atoms with van der Waals surface area (Å²) in [5, 5.41) is 10.9. The summed E-state index contributed by atoms with van der Waals surface area (Å²) in [5.74, 6) is 0. The van der Waals surface area contributed by atoms with E-state index in [0.717, 1.165) is 22.2 Å². The zero-order valence-electron chi connectivity index (χ0n) is 11.7. The molecule has 1 aliphatic rings. The van der Waals surface area contributed by atoms with Gasteiger partial charge >= 0.3 is 0 Å². The fraction of sp³-hybridized carbons (Fsp3) is 0.111. The van der Waals surface area contributed by atoms with Gasteiger partial charge in [0.1, 0.15) is 6.61 Å². The molecule has 106 valence electrons. The monoisotopic (exact) mass is 288 g/mol. The molecule has 0 aliphatic carbocycles. The van der Waals surface area contributed by atoms with Crippen molar-refractivity contribution in [1.82, 2.24) is 4.73 Å². The lowest BCUT2D eigenvalue weighted by molar-refractivity contribution is 0.143. The lowest BCUT2D eigenvalue weighted by Crippen LogP contribution is -2.25. The fourth-order valence-electron chi connectivity index (χ4n) is 3.07. The number of hydrogen-bond acceptors (Lipinski definition) is 3. The molecule has 0 unspecified atom stereocenters. The molecule has 3 aromatic rings. The summed E-state index contributed by atoms with van der Waals surface area (Å²) in [7, 11) is 0. The van der Waals surface area contributed by atoms with E-state index in [-0.39, 0.29) is 5.56 Å². The summed E-state index contributed by atoms with van der Waals surface area (Å²) in [5.41, 5.74) is 3.06. The average Bonchev–Trinajstić information content (AvgIpc) is 3.05. The Bertz CT molecular complexity index is 996. The van der Waals surface area contributed by atoms with E-state index < -0.39 is 0 Å². The Morgan fingerprint density at radius 2 is 1.77 bits per heavy atom. The molecular weight excluding hydrogens is 276 g/mol. The number of nitriles is 1. The molecule has 4 heteroatoms. The molecule has 4 rings (SSSR count). The first kappa shape index (κ1) is 12.7. The van der Waals surface area contributed by atoms with Gasteiger partial charge in [-0.2, -0.15) is 5.26 Å². The van der Waals surface area contributed by atoms with Gasteiger partial charge in [0.05, 0.1) is 22.7 Å². The molecule has 2 aromatic carbocycles. The number of rotatable bonds is 1. The highest BCUT2D eigenvalue weighted by molar-refractivity contribution is 5.98. The largest absolute Gasteiger partial charge is 0.410 e. The Morgan fingerprint density at radius 3 is 2.59 bits per heavy atom. The molecule has 0 N–H and O–H groups in total. The maximum atomic E-state index is 12.5. The van der Waals surface area contributed by atoms with Crippen molar-refractivity contribution in [2.75, 3.05) is 6.61 Å². The first-order chi connectivity index (χ1) is 10.8. The summed E-state index contributed by atoms with van der Waals surface area (Å²) >= 11 is 0. The summed E-state index contributed by atoms with van der Waals surface area (Å²) < 4.78 is 1.38. The van der Waals surface area contributed by atoms with Crippen molar-refractivity contribution in [3.63, 3.8) is 0 Å². The van der Waals surface area contributed by atoms with Gasteiger partial charge in [0.15, 0.2) is 0 Å². The van der Waals surface area contributed by atoms with E-state index in [2.05, 4.69) is 6.07 Å². The van der Waals surface area contributed by atoms with Gasteiger partial charge in [0.25, 0.3) is 5.56 Å². The summed E-state index contributed by atoms with van der Waals surface area (Å²) in [6.45, 7) is 0.479. The summed E-state index contributed by atoms with van der Waals surface area (Å²) in [4.78, 5) is 18.0. The van der Waals surface area contributed by atoms with Crippen molar-refractivity contribution in [3.05, 3.63) is 70.1 Å². The molecule has 0 bridgehead atoms. The smallest absolute Gasteiger partial charge is 0.291 e. The molecule has 1 aromatic heterocycles. The van der Waals surface area contributed by atoms with Crippen LogP contribution in [0.4, 0.5) is 0 Å². The van der Waals surface area contributed by atoms with Crippen molar-refractivity contribution in [2.24, 2.45) is 0 Å². The van der Waals surface area contributed by atoms with E-state index in [9.17, 15) is 10.1 Å². The third-order valence-corrected chi connectivity index (χ3v) is 4.02. The number of benzene rings is 2. The van der Waals surface area contributed by atoms with Crippen LogP contribution in [0.5, 0.6) is 0 Å². The standard InChI is InChI=1S/C18H12N2O2/c19-11-12-5-1-2-6-13(12)17-14-7-3-4-8-15(14)18(21)20-16(17)9-10-22-20/h1-8H,9-10H2. The minimum Gasteiger partial charge on any atom is -0.410 e. The van der Waals surface area contributed by atoms with Crippen LogP contribution in [0, 0.1) is 11.3 Å². The van der Waals surface area contributed by atoms with Gasteiger partial charge in [-0.05, 0) is 17.5 Å². The molecule has 4 nitrogen and oxygen atoms in total. The number of aromatic nitrogens is 1. The fourth-order valence-corrected chi connectivity index (χ4v) is 3.07. The molecule has 22 heavy (non-hydrogen) atoms. The zero-order valence-corrected chi connectivity index (χ0v) is 11.7. The van der Waals surface area contributed by atoms with E-state index in [0.29, 0.717) is 24.0 Å². The molecule has 0 spiro atoms. The van der Waals surface area contributed by atoms with Crippen molar-refractivity contribution >= 4 is 10.8 Å². The zero-order chi connectivity index (χ0) is 15.1. The van der Waals surface area contributed by atoms with Crippen LogP contribution < -0.4 is 10.4 Å². The lowest BCUT2D eigenvalue weighted by Gasteiger charge is -2.13. The van der Waals surface area contributed by atoms with Crippen LogP contribution >= 0.6 is 0 Å². The van der Waals surface area contributed by atoms with Gasteiger partial charge in [0.2, 0.25) is 0 Å². The SMILES string of the molecule is N#Cc1ccccc1-c1c2n(c(=O)c3ccccc13)OCC2. The second-order valence-electron chi connectivity index (χ2n) is 5.21. The van der Waals surface area contributed by atoms with Gasteiger partial charge in [-0.25, -0.2) is 0 Å². The Balaban J connectivity index is 2.21. The molecular formula is C18H12N2O2. The highest BCUT2D eigenvalue weighted by atomic mass is 16.7. The topological polar surface area (TPSA) is 55.0 Å².